The summed E-state index contributed by atoms with van der Waals surface area (Å²) in [7, 11) is 0. The number of benzene rings is 2. The van der Waals surface area contributed by atoms with E-state index >= 15 is 0 Å². The van der Waals surface area contributed by atoms with Gasteiger partial charge >= 0.3 is 6.09 Å². The molecule has 0 saturated carbocycles. The number of rotatable bonds is 4. The third-order valence-corrected chi connectivity index (χ3v) is 6.11. The molecule has 1 unspecified atom stereocenters. The maximum Gasteiger partial charge on any atom is 0.405 e. The molecule has 2 atom stereocenters. The van der Waals surface area contributed by atoms with Crippen molar-refractivity contribution in [2.45, 2.75) is 30.7 Å². The van der Waals surface area contributed by atoms with Gasteiger partial charge in [0.05, 0.1) is 0 Å². The summed E-state index contributed by atoms with van der Waals surface area (Å²) < 4.78 is 0. The minimum absolute atomic E-state index is 0.0939. The van der Waals surface area contributed by atoms with Gasteiger partial charge in [-0.2, -0.15) is 0 Å². The molecule has 3 amide bonds. The van der Waals surface area contributed by atoms with Crippen LogP contribution in [0.4, 0.5) is 10.5 Å². The fourth-order valence-corrected chi connectivity index (χ4v) is 4.68. The molecule has 1 spiro atoms. The lowest BCUT2D eigenvalue weighted by molar-refractivity contribution is -0.132. The number of carbonyl (C=O) groups excluding carboxylic acids is 2. The highest BCUT2D eigenvalue weighted by Crippen LogP contribution is 2.45. The standard InChI is InChI=1S/C22H22ClN3O4/c23-15-6-7-17-16(11-15)22(12-19(27)24-17)8-9-26(13-22)20(28)18(25-21(29)30)10-14-4-2-1-3-5-14/h1-7,11,18,25H,8-10,12-13H2,(H,24,27)(H,29,30)/t18-,22?/m0/s1. The Morgan fingerprint density at radius 2 is 2.00 bits per heavy atom. The van der Waals surface area contributed by atoms with Crippen molar-refractivity contribution in [2.75, 3.05) is 18.4 Å². The van der Waals surface area contributed by atoms with Gasteiger partial charge in [-0.1, -0.05) is 41.9 Å². The fourth-order valence-electron chi connectivity index (χ4n) is 4.51. The van der Waals surface area contributed by atoms with Gasteiger partial charge in [0.15, 0.2) is 0 Å². The van der Waals surface area contributed by atoms with E-state index in [2.05, 4.69) is 10.6 Å². The molecule has 8 heteroatoms. The summed E-state index contributed by atoms with van der Waals surface area (Å²) in [5.74, 6) is -0.378. The molecule has 156 valence electrons. The molecule has 2 aromatic rings. The number of nitrogens with zero attached hydrogens (tertiary/aromatic N) is 1. The van der Waals surface area contributed by atoms with Crippen molar-refractivity contribution in [1.29, 1.82) is 0 Å². The Bertz CT molecular complexity index is 997. The van der Waals surface area contributed by atoms with E-state index in [0.29, 0.717) is 24.5 Å². The first-order valence-corrected chi connectivity index (χ1v) is 10.2. The van der Waals surface area contributed by atoms with E-state index in [1.807, 2.05) is 36.4 Å². The molecule has 2 aliphatic heterocycles. The molecule has 3 N–H and O–H groups in total. The number of hydrogen-bond acceptors (Lipinski definition) is 3. The van der Waals surface area contributed by atoms with Crippen molar-refractivity contribution in [2.24, 2.45) is 0 Å². The Kier molecular flexibility index (Phi) is 5.39. The molecule has 1 fully saturated rings. The Labute approximate surface area is 179 Å². The zero-order chi connectivity index (χ0) is 21.3. The van der Waals surface area contributed by atoms with Crippen LogP contribution in [0.5, 0.6) is 0 Å². The van der Waals surface area contributed by atoms with E-state index in [-0.39, 0.29) is 24.7 Å². The molecule has 0 radical (unpaired) electrons. The lowest BCUT2D eigenvalue weighted by atomic mass is 9.74. The summed E-state index contributed by atoms with van der Waals surface area (Å²) in [6, 6.07) is 13.8. The molecule has 0 bridgehead atoms. The molecular weight excluding hydrogens is 406 g/mol. The molecule has 2 aromatic carbocycles. The highest BCUT2D eigenvalue weighted by Gasteiger charge is 2.47. The van der Waals surface area contributed by atoms with E-state index in [0.717, 1.165) is 16.8 Å². The van der Waals surface area contributed by atoms with Crippen molar-refractivity contribution in [1.82, 2.24) is 10.2 Å². The number of hydrogen-bond donors (Lipinski definition) is 3. The smallest absolute Gasteiger partial charge is 0.405 e. The Hall–Kier alpha value is -3.06. The lowest BCUT2D eigenvalue weighted by Gasteiger charge is -2.35. The van der Waals surface area contributed by atoms with Crippen LogP contribution in [-0.2, 0) is 21.4 Å². The summed E-state index contributed by atoms with van der Waals surface area (Å²) in [5, 5.41) is 15.0. The van der Waals surface area contributed by atoms with Crippen molar-refractivity contribution >= 4 is 35.2 Å². The van der Waals surface area contributed by atoms with Gasteiger partial charge in [0.25, 0.3) is 0 Å². The number of likely N-dealkylation sites (tertiary alicyclic amines) is 1. The molecule has 0 aliphatic carbocycles. The summed E-state index contributed by atoms with van der Waals surface area (Å²) in [5.41, 5.74) is 2.00. The fraction of sp³-hybridized carbons (Fsp3) is 0.318. The maximum atomic E-state index is 13.2. The quantitative estimate of drug-likeness (QED) is 0.698. The van der Waals surface area contributed by atoms with E-state index in [4.69, 9.17) is 11.6 Å². The van der Waals surface area contributed by atoms with Crippen molar-refractivity contribution < 1.29 is 19.5 Å². The van der Waals surface area contributed by atoms with Crippen molar-refractivity contribution in [3.8, 4) is 0 Å². The zero-order valence-corrected chi connectivity index (χ0v) is 17.0. The normalized spacial score (nSPS) is 21.1. The van der Waals surface area contributed by atoms with Gasteiger partial charge in [0, 0.05) is 42.1 Å². The van der Waals surface area contributed by atoms with Crippen LogP contribution >= 0.6 is 11.6 Å². The molecule has 4 rings (SSSR count). The van der Waals surface area contributed by atoms with Crippen LogP contribution in [0.1, 0.15) is 24.0 Å². The van der Waals surface area contributed by atoms with E-state index < -0.39 is 17.6 Å². The van der Waals surface area contributed by atoms with Crippen molar-refractivity contribution in [3.63, 3.8) is 0 Å². The highest BCUT2D eigenvalue weighted by molar-refractivity contribution is 6.30. The summed E-state index contributed by atoms with van der Waals surface area (Å²) in [4.78, 5) is 38.5. The third kappa shape index (κ3) is 3.98. The lowest BCUT2D eigenvalue weighted by Crippen LogP contribution is -2.50. The van der Waals surface area contributed by atoms with E-state index in [1.54, 1.807) is 17.0 Å². The molecule has 0 aromatic heterocycles. The topological polar surface area (TPSA) is 98.7 Å². The van der Waals surface area contributed by atoms with Crippen LogP contribution in [0.2, 0.25) is 5.02 Å². The van der Waals surface area contributed by atoms with Gasteiger partial charge in [0.2, 0.25) is 11.8 Å². The minimum Gasteiger partial charge on any atom is -0.465 e. The Morgan fingerprint density at radius 1 is 1.23 bits per heavy atom. The Balaban J connectivity index is 1.58. The van der Waals surface area contributed by atoms with Crippen LogP contribution in [-0.4, -0.2) is 47.0 Å². The predicted molar refractivity (Wildman–Crippen MR) is 113 cm³/mol. The number of carbonyl (C=O) groups is 3. The van der Waals surface area contributed by atoms with E-state index in [1.165, 1.54) is 0 Å². The second kappa shape index (κ2) is 7.99. The first kappa shape index (κ1) is 20.2. The second-order valence-electron chi connectivity index (χ2n) is 7.90. The van der Waals surface area contributed by atoms with Crippen LogP contribution in [0, 0.1) is 0 Å². The van der Waals surface area contributed by atoms with Crippen LogP contribution < -0.4 is 10.6 Å². The molecule has 2 heterocycles. The molecule has 30 heavy (non-hydrogen) atoms. The molecular formula is C22H22ClN3O4. The largest absolute Gasteiger partial charge is 0.465 e. The van der Waals surface area contributed by atoms with Gasteiger partial charge < -0.3 is 20.6 Å². The monoisotopic (exact) mass is 427 g/mol. The number of halogens is 1. The summed E-state index contributed by atoms with van der Waals surface area (Å²) in [6.07, 6.45) is -0.101. The van der Waals surface area contributed by atoms with Crippen LogP contribution in [0.3, 0.4) is 0 Å². The number of anilines is 1. The predicted octanol–water partition coefficient (Wildman–Crippen LogP) is 3.03. The summed E-state index contributed by atoms with van der Waals surface area (Å²) >= 11 is 6.20. The van der Waals surface area contributed by atoms with E-state index in [9.17, 15) is 19.5 Å². The van der Waals surface area contributed by atoms with Gasteiger partial charge in [0.1, 0.15) is 6.04 Å². The van der Waals surface area contributed by atoms with Crippen molar-refractivity contribution in [3.05, 3.63) is 64.7 Å². The van der Waals surface area contributed by atoms with Gasteiger partial charge in [-0.05, 0) is 35.7 Å². The van der Waals surface area contributed by atoms with Crippen LogP contribution in [0.15, 0.2) is 48.5 Å². The van der Waals surface area contributed by atoms with Gasteiger partial charge in [-0.25, -0.2) is 4.79 Å². The maximum absolute atomic E-state index is 13.2. The zero-order valence-electron chi connectivity index (χ0n) is 16.2. The third-order valence-electron chi connectivity index (χ3n) is 5.87. The first-order valence-electron chi connectivity index (χ1n) is 9.78. The second-order valence-corrected chi connectivity index (χ2v) is 8.33. The molecule has 7 nitrogen and oxygen atoms in total. The minimum atomic E-state index is -1.24. The molecule has 1 saturated heterocycles. The number of fused-ring (bicyclic) bond motifs is 2. The number of amides is 3. The highest BCUT2D eigenvalue weighted by atomic mass is 35.5. The van der Waals surface area contributed by atoms with Crippen LogP contribution in [0.25, 0.3) is 0 Å². The number of nitrogens with one attached hydrogen (secondary N) is 2. The number of carboxylic acid groups (broad SMARTS) is 1. The Morgan fingerprint density at radius 3 is 2.73 bits per heavy atom. The van der Waals surface area contributed by atoms with Gasteiger partial charge in [-0.3, -0.25) is 9.59 Å². The SMILES string of the molecule is O=C(O)N[C@@H](Cc1ccccc1)C(=O)N1CCC2(CC(=O)Nc3ccc(Cl)cc32)C1. The molecule has 2 aliphatic rings. The average molecular weight is 428 g/mol. The average Bonchev–Trinajstić information content (AvgIpc) is 3.12. The summed E-state index contributed by atoms with van der Waals surface area (Å²) in [6.45, 7) is 0.795. The van der Waals surface area contributed by atoms with Gasteiger partial charge in [-0.15, -0.1) is 0 Å². The first-order chi connectivity index (χ1) is 14.4.